The van der Waals surface area contributed by atoms with Crippen molar-refractivity contribution < 1.29 is 48.7 Å². The highest BCUT2D eigenvalue weighted by Gasteiger charge is 2.67. The summed E-state index contributed by atoms with van der Waals surface area (Å²) in [4.78, 5) is 57.5. The molecule has 15 heteroatoms. The Bertz CT molecular complexity index is 2050. The first-order valence-electron chi connectivity index (χ1n) is 20.7. The first kappa shape index (κ1) is 43.7. The van der Waals surface area contributed by atoms with Gasteiger partial charge < -0.3 is 39.8 Å². The van der Waals surface area contributed by atoms with Crippen LogP contribution >= 0.6 is 34.8 Å². The van der Waals surface area contributed by atoms with Gasteiger partial charge in [-0.3, -0.25) is 9.59 Å². The molecule has 6 aliphatic rings. The summed E-state index contributed by atoms with van der Waals surface area (Å²) in [7, 11) is 0. The van der Waals surface area contributed by atoms with E-state index in [9.17, 15) is 29.7 Å². The Balaban J connectivity index is 1.21. The van der Waals surface area contributed by atoms with Gasteiger partial charge in [-0.25, -0.2) is 9.59 Å². The number of esters is 1. The zero-order valence-corrected chi connectivity index (χ0v) is 36.1. The lowest BCUT2D eigenvalue weighted by atomic mass is 9.51. The number of fused-ring (bicyclic) bond motifs is 4. The van der Waals surface area contributed by atoms with E-state index in [-0.39, 0.29) is 74.3 Å². The van der Waals surface area contributed by atoms with Crippen molar-refractivity contribution in [3.05, 3.63) is 80.3 Å². The number of aromatic amines is 1. The average Bonchev–Trinajstić information content (AvgIpc) is 3.60. The van der Waals surface area contributed by atoms with Crippen molar-refractivity contribution in [2.75, 3.05) is 0 Å². The molecule has 1 saturated carbocycles. The van der Waals surface area contributed by atoms with Crippen LogP contribution in [0.1, 0.15) is 96.5 Å². The fourth-order valence-electron chi connectivity index (χ4n) is 11.1. The van der Waals surface area contributed by atoms with Gasteiger partial charge in [-0.1, -0.05) is 98.1 Å². The maximum absolute atomic E-state index is 15.1. The number of hydrogen-bond donors (Lipinski definition) is 5. The number of H-pyrrole nitrogens is 1. The summed E-state index contributed by atoms with van der Waals surface area (Å²) in [5.41, 5.74) is -4.34. The van der Waals surface area contributed by atoms with E-state index in [0.717, 1.165) is 0 Å². The summed E-state index contributed by atoms with van der Waals surface area (Å²) < 4.78 is 19.3. The second kappa shape index (κ2) is 16.5. The molecule has 320 valence electrons. The monoisotopic (exact) mass is 874 g/mol. The molecular formula is C44H53Cl3N2O10. The number of carbonyl (C=O) groups is 4. The molecule has 3 fully saturated rings. The molecule has 1 spiro atoms. The van der Waals surface area contributed by atoms with Crippen LogP contribution in [0.2, 0.25) is 15.2 Å². The molecule has 7 rings (SSSR count). The van der Waals surface area contributed by atoms with Gasteiger partial charge in [-0.05, 0) is 76.0 Å². The molecule has 59 heavy (non-hydrogen) atoms. The third-order valence-electron chi connectivity index (χ3n) is 14.3. The molecule has 13 atom stereocenters. The normalized spacial score (nSPS) is 41.8. The number of aromatic nitrogens is 1. The van der Waals surface area contributed by atoms with Gasteiger partial charge in [0, 0.05) is 29.7 Å². The molecule has 5 N–H and O–H groups in total. The second-order valence-electron chi connectivity index (χ2n) is 17.4. The van der Waals surface area contributed by atoms with E-state index in [2.05, 4.69) is 35.5 Å². The SMILES string of the molecule is CCC1CC23OC(=O)/C(=C(\O)C4(CC)C(C=CC5C(OC6CC(O)C(NC(=O)c7[nH]c(Cl)c(Cl)c7Cl)C(C)O6)C(C)CCC54)C/C=C/C/C=C/C2(C)C=C1C(=O)O)C3=O. The molecule has 1 aromatic heterocycles. The van der Waals surface area contributed by atoms with Crippen molar-refractivity contribution in [3.63, 3.8) is 0 Å². The van der Waals surface area contributed by atoms with Gasteiger partial charge in [0.15, 0.2) is 11.9 Å². The second-order valence-corrected chi connectivity index (χ2v) is 18.5. The van der Waals surface area contributed by atoms with Crippen LogP contribution in [0.25, 0.3) is 0 Å². The number of Topliss-reactive ketones (excluding diaryl/α,β-unsaturated/α-hetero) is 1. The van der Waals surface area contributed by atoms with Gasteiger partial charge in [0.2, 0.25) is 5.78 Å². The highest BCUT2D eigenvalue weighted by atomic mass is 35.5. The molecule has 13 unspecified atom stereocenters. The van der Waals surface area contributed by atoms with Crippen LogP contribution in [0.3, 0.4) is 0 Å². The van der Waals surface area contributed by atoms with Crippen LogP contribution in [0.15, 0.2) is 59.4 Å². The van der Waals surface area contributed by atoms with Crippen LogP contribution in [0, 0.1) is 40.4 Å². The minimum absolute atomic E-state index is 0.0166. The predicted octanol–water partition coefficient (Wildman–Crippen LogP) is 8.23. The first-order chi connectivity index (χ1) is 27.9. The first-order valence-corrected chi connectivity index (χ1v) is 21.8. The van der Waals surface area contributed by atoms with E-state index in [1.54, 1.807) is 26.0 Å². The number of aliphatic carboxylic acids is 1. The Hall–Kier alpha value is -3.39. The van der Waals surface area contributed by atoms with E-state index >= 15 is 4.79 Å². The molecule has 2 aliphatic heterocycles. The Labute approximate surface area is 359 Å². The van der Waals surface area contributed by atoms with Crippen LogP contribution in [0.4, 0.5) is 0 Å². The molecule has 1 amide bonds. The summed E-state index contributed by atoms with van der Waals surface area (Å²) in [5.74, 6) is -4.86. The molecule has 0 aromatic carbocycles. The molecule has 12 nitrogen and oxygen atoms in total. The highest BCUT2D eigenvalue weighted by Crippen LogP contribution is 2.61. The number of ether oxygens (including phenoxy) is 3. The highest BCUT2D eigenvalue weighted by molar-refractivity contribution is 6.49. The molecule has 0 radical (unpaired) electrons. The number of allylic oxidation sites excluding steroid dienone is 5. The minimum Gasteiger partial charge on any atom is -0.511 e. The number of rotatable bonds is 7. The lowest BCUT2D eigenvalue weighted by molar-refractivity contribution is -0.258. The van der Waals surface area contributed by atoms with Crippen molar-refractivity contribution in [3.8, 4) is 0 Å². The van der Waals surface area contributed by atoms with E-state index in [1.165, 1.54) is 0 Å². The number of aliphatic hydroxyl groups excluding tert-OH is 2. The fraction of sp³-hybridized carbons (Fsp3) is 0.591. The number of aliphatic hydroxyl groups is 2. The maximum atomic E-state index is 15.1. The number of nitrogens with one attached hydrogen (secondary N) is 2. The number of hydrogen-bond acceptors (Lipinski definition) is 9. The maximum Gasteiger partial charge on any atom is 0.346 e. The Kier molecular flexibility index (Phi) is 12.2. The average molecular weight is 876 g/mol. The molecule has 4 aliphatic carbocycles. The number of carboxylic acids is 1. The van der Waals surface area contributed by atoms with Crippen molar-refractivity contribution in [2.45, 2.75) is 122 Å². The number of halogens is 3. The fourth-order valence-corrected chi connectivity index (χ4v) is 11.7. The van der Waals surface area contributed by atoms with Crippen molar-refractivity contribution in [1.29, 1.82) is 0 Å². The topological polar surface area (TPSA) is 184 Å². The molecule has 3 heterocycles. The van der Waals surface area contributed by atoms with Gasteiger partial charge in [0.1, 0.15) is 22.2 Å². The smallest absolute Gasteiger partial charge is 0.346 e. The lowest BCUT2D eigenvalue weighted by Crippen LogP contribution is -2.58. The zero-order chi connectivity index (χ0) is 42.8. The Morgan fingerprint density at radius 3 is 2.46 bits per heavy atom. The van der Waals surface area contributed by atoms with Gasteiger partial charge in [-0.15, -0.1) is 0 Å². The van der Waals surface area contributed by atoms with E-state index in [0.29, 0.717) is 38.5 Å². The third kappa shape index (κ3) is 7.13. The van der Waals surface area contributed by atoms with Crippen molar-refractivity contribution >= 4 is 58.4 Å². The lowest BCUT2D eigenvalue weighted by Gasteiger charge is -2.55. The summed E-state index contributed by atoms with van der Waals surface area (Å²) in [6.45, 7) is 9.35. The van der Waals surface area contributed by atoms with Crippen LogP contribution < -0.4 is 5.32 Å². The van der Waals surface area contributed by atoms with E-state index in [4.69, 9.17) is 49.0 Å². The largest absolute Gasteiger partial charge is 0.511 e. The van der Waals surface area contributed by atoms with Gasteiger partial charge in [0.25, 0.3) is 5.91 Å². The van der Waals surface area contributed by atoms with Gasteiger partial charge in [-0.2, -0.15) is 0 Å². The Morgan fingerprint density at radius 1 is 1.07 bits per heavy atom. The number of carbonyl (C=O) groups excluding carboxylic acids is 3. The van der Waals surface area contributed by atoms with E-state index in [1.807, 2.05) is 26.0 Å². The summed E-state index contributed by atoms with van der Waals surface area (Å²) in [6, 6.07) is -0.807. The molecular weight excluding hydrogens is 823 g/mol. The minimum atomic E-state index is -1.75. The van der Waals surface area contributed by atoms with Crippen LogP contribution in [0.5, 0.6) is 0 Å². The van der Waals surface area contributed by atoms with E-state index < -0.39 is 76.6 Å². The van der Waals surface area contributed by atoms with Crippen molar-refractivity contribution in [2.24, 2.45) is 40.4 Å². The summed E-state index contributed by atoms with van der Waals surface area (Å²) in [5, 5.41) is 37.1. The predicted molar refractivity (Wildman–Crippen MR) is 221 cm³/mol. The third-order valence-corrected chi connectivity index (χ3v) is 15.5. The number of ketones is 1. The van der Waals surface area contributed by atoms with Gasteiger partial charge in [0.05, 0.1) is 39.8 Å². The number of amides is 1. The Morgan fingerprint density at radius 2 is 1.81 bits per heavy atom. The van der Waals surface area contributed by atoms with Gasteiger partial charge >= 0.3 is 11.9 Å². The van der Waals surface area contributed by atoms with Crippen LogP contribution in [-0.2, 0) is 28.6 Å². The van der Waals surface area contributed by atoms with Crippen molar-refractivity contribution in [1.82, 2.24) is 10.3 Å². The number of carboxylic acid groups (broad SMARTS) is 1. The molecule has 1 aromatic rings. The quantitative estimate of drug-likeness (QED) is 0.102. The zero-order valence-electron chi connectivity index (χ0n) is 33.8. The summed E-state index contributed by atoms with van der Waals surface area (Å²) in [6.07, 6.45) is 13.7. The standard InChI is InChI=1S/C44H53Cl3N2O10/c1-6-23-19-44-37(52)30(41(56)59-44)36(51)43(7-2)24(12-10-8-9-11-17-42(44,5)20-26(23)40(54)55)14-15-25-27(43)16-13-21(3)35(25)58-29-18-28(50)33(22(4)57-29)49-39(53)34-31(45)32(46)38(47)48-34/h8,10-11,14-15,17,20-25,27-29,33,35,48,50-51H,6-7,9,12-13,16,18-19H2,1-5H3,(H,49,53)(H,54,55)/b10-8+,17-11+,36-30-. The molecule has 2 saturated heterocycles. The summed E-state index contributed by atoms with van der Waals surface area (Å²) >= 11 is 18.3. The molecule has 2 bridgehead atoms. The van der Waals surface area contributed by atoms with Crippen LogP contribution in [-0.4, -0.2) is 80.2 Å².